The van der Waals surface area contributed by atoms with Gasteiger partial charge in [-0.1, -0.05) is 12.1 Å². The van der Waals surface area contributed by atoms with E-state index in [1.807, 2.05) is 47.4 Å². The number of halogens is 1. The summed E-state index contributed by atoms with van der Waals surface area (Å²) in [5, 5.41) is 4.03. The van der Waals surface area contributed by atoms with E-state index in [-0.39, 0.29) is 5.91 Å². The van der Waals surface area contributed by atoms with Crippen molar-refractivity contribution >= 4 is 34.7 Å². The van der Waals surface area contributed by atoms with E-state index in [1.54, 1.807) is 13.3 Å². The average Bonchev–Trinajstić information content (AvgIpc) is 2.74. The summed E-state index contributed by atoms with van der Waals surface area (Å²) in [6, 6.07) is 13.7. The Morgan fingerprint density at radius 1 is 1.21 bits per heavy atom. The molecule has 0 bridgehead atoms. The lowest BCUT2D eigenvalue weighted by atomic mass is 10.2. The summed E-state index contributed by atoms with van der Waals surface area (Å²) in [5.41, 5.74) is 4.44. The fraction of sp³-hybridized carbons (Fsp3) is 0.333. The van der Waals surface area contributed by atoms with Crippen LogP contribution in [0.2, 0.25) is 0 Å². The molecular weight excluding hydrogens is 485 g/mol. The van der Waals surface area contributed by atoms with Gasteiger partial charge in [-0.05, 0) is 64.0 Å². The molecule has 29 heavy (non-hydrogen) atoms. The summed E-state index contributed by atoms with van der Waals surface area (Å²) in [7, 11) is 1.60. The molecule has 2 aromatic rings. The molecule has 2 aromatic carbocycles. The first-order valence-corrected chi connectivity index (χ1v) is 10.4. The molecule has 1 aliphatic heterocycles. The summed E-state index contributed by atoms with van der Waals surface area (Å²) in [6.07, 6.45) is 1.59. The maximum absolute atomic E-state index is 12.0. The summed E-state index contributed by atoms with van der Waals surface area (Å²) in [5.74, 6) is 1.12. The van der Waals surface area contributed by atoms with E-state index in [1.165, 1.54) is 3.57 Å². The highest BCUT2D eigenvalue weighted by molar-refractivity contribution is 14.1. The zero-order valence-electron chi connectivity index (χ0n) is 16.3. The third kappa shape index (κ3) is 6.98. The largest absolute Gasteiger partial charge is 0.493 e. The van der Waals surface area contributed by atoms with Crippen LogP contribution < -0.4 is 14.9 Å². The Bertz CT molecular complexity index is 836. The zero-order valence-corrected chi connectivity index (χ0v) is 18.4. The number of hydrogen-bond acceptors (Lipinski definition) is 6. The number of hydrogen-bond donors (Lipinski definition) is 1. The van der Waals surface area contributed by atoms with Crippen LogP contribution in [0.25, 0.3) is 0 Å². The van der Waals surface area contributed by atoms with Crippen LogP contribution in [0.3, 0.4) is 0 Å². The molecule has 0 atom stereocenters. The molecule has 1 fully saturated rings. The first-order valence-electron chi connectivity index (χ1n) is 9.31. The number of carbonyl (C=O) groups excluding carboxylic acids is 1. The first-order chi connectivity index (χ1) is 14.1. The van der Waals surface area contributed by atoms with Crippen molar-refractivity contribution in [1.82, 2.24) is 10.3 Å². The fourth-order valence-electron chi connectivity index (χ4n) is 2.80. The molecule has 1 amide bonds. The van der Waals surface area contributed by atoms with Crippen LogP contribution in [0.1, 0.15) is 11.1 Å². The van der Waals surface area contributed by atoms with Crippen LogP contribution in [-0.2, 0) is 16.1 Å². The Morgan fingerprint density at radius 2 is 1.97 bits per heavy atom. The van der Waals surface area contributed by atoms with Gasteiger partial charge in [0, 0.05) is 16.7 Å². The monoisotopic (exact) mass is 509 g/mol. The third-order valence-electron chi connectivity index (χ3n) is 4.37. The van der Waals surface area contributed by atoms with Gasteiger partial charge in [-0.15, -0.1) is 0 Å². The number of hydrazone groups is 1. The molecule has 0 aromatic heterocycles. The number of ether oxygens (including phenoxy) is 3. The third-order valence-corrected chi connectivity index (χ3v) is 5.09. The van der Waals surface area contributed by atoms with Crippen molar-refractivity contribution in [3.05, 3.63) is 57.2 Å². The van der Waals surface area contributed by atoms with Gasteiger partial charge in [-0.2, -0.15) is 5.10 Å². The molecule has 3 rings (SSSR count). The second-order valence-electron chi connectivity index (χ2n) is 6.51. The number of benzene rings is 2. The van der Waals surface area contributed by atoms with Gasteiger partial charge in [0.1, 0.15) is 6.61 Å². The van der Waals surface area contributed by atoms with Crippen molar-refractivity contribution in [3.8, 4) is 11.5 Å². The molecule has 1 N–H and O–H groups in total. The van der Waals surface area contributed by atoms with E-state index in [0.29, 0.717) is 37.9 Å². The van der Waals surface area contributed by atoms with E-state index < -0.39 is 0 Å². The van der Waals surface area contributed by atoms with Crippen molar-refractivity contribution in [2.45, 2.75) is 6.61 Å². The van der Waals surface area contributed by atoms with Crippen molar-refractivity contribution in [2.75, 3.05) is 40.0 Å². The number of methoxy groups -OCH3 is 1. The lowest BCUT2D eigenvalue weighted by Gasteiger charge is -2.25. The quantitative estimate of drug-likeness (QED) is 0.337. The predicted octanol–water partition coefficient (Wildman–Crippen LogP) is 2.66. The first kappa shape index (κ1) is 21.5. The summed E-state index contributed by atoms with van der Waals surface area (Å²) < 4.78 is 17.8. The molecule has 154 valence electrons. The number of carbonyl (C=O) groups is 1. The van der Waals surface area contributed by atoms with Crippen LogP contribution in [0, 0.1) is 3.57 Å². The lowest BCUT2D eigenvalue weighted by Crippen LogP contribution is -2.42. The van der Waals surface area contributed by atoms with E-state index in [4.69, 9.17) is 14.2 Å². The Hall–Kier alpha value is -2.17. The molecule has 8 heteroatoms. The second-order valence-corrected chi connectivity index (χ2v) is 7.75. The maximum Gasteiger partial charge on any atom is 0.254 e. The topological polar surface area (TPSA) is 72.4 Å². The number of rotatable bonds is 8. The summed E-state index contributed by atoms with van der Waals surface area (Å²) >= 11 is 2.27. The van der Waals surface area contributed by atoms with Crippen LogP contribution in [0.5, 0.6) is 11.5 Å². The van der Waals surface area contributed by atoms with Gasteiger partial charge in [0.15, 0.2) is 11.5 Å². The smallest absolute Gasteiger partial charge is 0.254 e. The average molecular weight is 509 g/mol. The van der Waals surface area contributed by atoms with Crippen molar-refractivity contribution in [1.29, 1.82) is 0 Å². The van der Waals surface area contributed by atoms with Gasteiger partial charge in [-0.25, -0.2) is 5.43 Å². The molecule has 0 radical (unpaired) electrons. The summed E-state index contributed by atoms with van der Waals surface area (Å²) in [4.78, 5) is 14.0. The number of nitrogens with zero attached hydrogens (tertiary/aromatic N) is 2. The summed E-state index contributed by atoms with van der Waals surface area (Å²) in [6.45, 7) is 3.62. The standard InChI is InChI=1S/C21H24IN3O4/c1-27-20-12-17(13-23-24-21(26)14-25-8-10-28-11-9-25)4-7-19(20)29-15-16-2-5-18(22)6-3-16/h2-7,12-13H,8-11,14-15H2,1H3,(H,24,26)/b23-13+. The minimum absolute atomic E-state index is 0.146. The number of amides is 1. The second kappa shape index (κ2) is 11.1. The molecule has 1 saturated heterocycles. The molecule has 0 saturated carbocycles. The Kier molecular flexibility index (Phi) is 8.26. The predicted molar refractivity (Wildman–Crippen MR) is 119 cm³/mol. The Labute approximate surface area is 184 Å². The van der Waals surface area contributed by atoms with Crippen molar-refractivity contribution in [2.24, 2.45) is 5.10 Å². The molecule has 7 nitrogen and oxygen atoms in total. The van der Waals surface area contributed by atoms with Crippen LogP contribution in [0.15, 0.2) is 47.6 Å². The minimum Gasteiger partial charge on any atom is -0.493 e. The van der Waals surface area contributed by atoms with Gasteiger partial charge < -0.3 is 14.2 Å². The van der Waals surface area contributed by atoms with Gasteiger partial charge in [0.05, 0.1) is 33.1 Å². The Morgan fingerprint density at radius 3 is 2.69 bits per heavy atom. The molecule has 1 aliphatic rings. The number of nitrogens with one attached hydrogen (secondary N) is 1. The fourth-order valence-corrected chi connectivity index (χ4v) is 3.16. The zero-order chi connectivity index (χ0) is 20.5. The van der Waals surface area contributed by atoms with Crippen LogP contribution >= 0.6 is 22.6 Å². The van der Waals surface area contributed by atoms with E-state index >= 15 is 0 Å². The van der Waals surface area contributed by atoms with Gasteiger partial charge in [-0.3, -0.25) is 9.69 Å². The van der Waals surface area contributed by atoms with Gasteiger partial charge in [0.2, 0.25) is 0 Å². The molecule has 1 heterocycles. The SMILES string of the molecule is COc1cc(/C=N/NC(=O)CN2CCOCC2)ccc1OCc1ccc(I)cc1. The van der Waals surface area contributed by atoms with E-state index in [9.17, 15) is 4.79 Å². The molecule has 0 spiro atoms. The highest BCUT2D eigenvalue weighted by atomic mass is 127. The van der Waals surface area contributed by atoms with Gasteiger partial charge >= 0.3 is 0 Å². The molecular formula is C21H24IN3O4. The van der Waals surface area contributed by atoms with Crippen LogP contribution in [0.4, 0.5) is 0 Å². The normalized spacial score (nSPS) is 14.7. The number of morpholine rings is 1. The maximum atomic E-state index is 12.0. The highest BCUT2D eigenvalue weighted by Gasteiger charge is 2.13. The molecule has 0 unspecified atom stereocenters. The van der Waals surface area contributed by atoms with Crippen molar-refractivity contribution < 1.29 is 19.0 Å². The van der Waals surface area contributed by atoms with E-state index in [2.05, 4.69) is 33.1 Å². The Balaban J connectivity index is 1.52. The van der Waals surface area contributed by atoms with Crippen molar-refractivity contribution in [3.63, 3.8) is 0 Å². The highest BCUT2D eigenvalue weighted by Crippen LogP contribution is 2.28. The lowest BCUT2D eigenvalue weighted by molar-refractivity contribution is -0.123. The van der Waals surface area contributed by atoms with Crippen LogP contribution in [-0.4, -0.2) is 57.0 Å². The molecule has 0 aliphatic carbocycles. The van der Waals surface area contributed by atoms with E-state index in [0.717, 1.165) is 24.2 Å². The van der Waals surface area contributed by atoms with Gasteiger partial charge in [0.25, 0.3) is 5.91 Å². The minimum atomic E-state index is -0.146.